The van der Waals surface area contributed by atoms with Crippen LogP contribution >= 0.6 is 0 Å². The summed E-state index contributed by atoms with van der Waals surface area (Å²) in [6.07, 6.45) is 0.827. The van der Waals surface area contributed by atoms with Gasteiger partial charge in [0.1, 0.15) is 11.6 Å². The lowest BCUT2D eigenvalue weighted by Gasteiger charge is -2.12. The minimum absolute atomic E-state index is 0.227. The molecule has 0 bridgehead atoms. The molecule has 0 spiro atoms. The van der Waals surface area contributed by atoms with Crippen LogP contribution in [0.5, 0.6) is 0 Å². The van der Waals surface area contributed by atoms with Crippen molar-refractivity contribution in [3.63, 3.8) is 0 Å². The van der Waals surface area contributed by atoms with Crippen LogP contribution in [0.25, 0.3) is 11.4 Å². The van der Waals surface area contributed by atoms with Gasteiger partial charge in [-0.1, -0.05) is 19.1 Å². The van der Waals surface area contributed by atoms with Crippen LogP contribution in [0.15, 0.2) is 18.2 Å². The van der Waals surface area contributed by atoms with Gasteiger partial charge in [0.2, 0.25) is 0 Å². The second kappa shape index (κ2) is 5.99. The van der Waals surface area contributed by atoms with Crippen LogP contribution in [0.3, 0.4) is 0 Å². The van der Waals surface area contributed by atoms with E-state index in [1.54, 1.807) is 13.0 Å². The lowest BCUT2D eigenvalue weighted by atomic mass is 10.1. The fourth-order valence-electron chi connectivity index (χ4n) is 2.11. The average molecular weight is 273 g/mol. The topological polar surface area (TPSA) is 37.8 Å². The highest BCUT2D eigenvalue weighted by molar-refractivity contribution is 5.60. The van der Waals surface area contributed by atoms with E-state index < -0.39 is 0 Å². The molecule has 0 amide bonds. The lowest BCUT2D eigenvalue weighted by molar-refractivity contribution is 0.619. The van der Waals surface area contributed by atoms with Crippen LogP contribution in [-0.2, 0) is 6.42 Å². The zero-order valence-corrected chi connectivity index (χ0v) is 12.4. The summed E-state index contributed by atoms with van der Waals surface area (Å²) >= 11 is 0. The van der Waals surface area contributed by atoms with Gasteiger partial charge >= 0.3 is 0 Å². The van der Waals surface area contributed by atoms with Crippen molar-refractivity contribution < 1.29 is 4.39 Å². The van der Waals surface area contributed by atoms with E-state index in [0.717, 1.165) is 30.0 Å². The van der Waals surface area contributed by atoms with Crippen LogP contribution in [0.2, 0.25) is 0 Å². The maximum atomic E-state index is 13.7. The molecule has 1 aromatic carbocycles. The first kappa shape index (κ1) is 14.4. The van der Waals surface area contributed by atoms with E-state index in [4.69, 9.17) is 0 Å². The summed E-state index contributed by atoms with van der Waals surface area (Å²) in [5.74, 6) is 1.17. The minimum Gasteiger partial charge on any atom is -0.370 e. The Morgan fingerprint density at radius 3 is 2.50 bits per heavy atom. The van der Waals surface area contributed by atoms with Crippen molar-refractivity contribution in [3.8, 4) is 11.4 Å². The number of hydrogen-bond acceptors (Lipinski definition) is 3. The molecule has 4 heteroatoms. The third-order valence-corrected chi connectivity index (χ3v) is 3.36. The van der Waals surface area contributed by atoms with Crippen LogP contribution in [-0.4, -0.2) is 16.5 Å². The zero-order chi connectivity index (χ0) is 14.7. The largest absolute Gasteiger partial charge is 0.370 e. The molecule has 0 fully saturated rings. The Morgan fingerprint density at radius 2 is 1.90 bits per heavy atom. The highest BCUT2D eigenvalue weighted by Gasteiger charge is 2.11. The molecular formula is C16H20FN3. The summed E-state index contributed by atoms with van der Waals surface area (Å²) in [5.41, 5.74) is 3.39. The summed E-state index contributed by atoms with van der Waals surface area (Å²) in [6, 6.07) is 5.11. The van der Waals surface area contributed by atoms with Crippen molar-refractivity contribution in [1.82, 2.24) is 9.97 Å². The first-order chi connectivity index (χ1) is 9.56. The fraction of sp³-hybridized carbons (Fsp3) is 0.375. The maximum Gasteiger partial charge on any atom is 0.161 e. The van der Waals surface area contributed by atoms with E-state index in [-0.39, 0.29) is 5.82 Å². The molecule has 0 unspecified atom stereocenters. The summed E-state index contributed by atoms with van der Waals surface area (Å²) < 4.78 is 13.7. The molecular weight excluding hydrogens is 253 g/mol. The smallest absolute Gasteiger partial charge is 0.161 e. The molecule has 1 N–H and O–H groups in total. The van der Waals surface area contributed by atoms with E-state index in [1.165, 1.54) is 6.07 Å². The molecule has 20 heavy (non-hydrogen) atoms. The minimum atomic E-state index is -0.227. The highest BCUT2D eigenvalue weighted by atomic mass is 19.1. The summed E-state index contributed by atoms with van der Waals surface area (Å²) in [5, 5.41) is 3.24. The second-order valence-corrected chi connectivity index (χ2v) is 4.82. The van der Waals surface area contributed by atoms with Crippen LogP contribution < -0.4 is 5.32 Å². The number of halogens is 1. The summed E-state index contributed by atoms with van der Waals surface area (Å²) in [7, 11) is 0. The van der Waals surface area contributed by atoms with Gasteiger partial charge in [-0.2, -0.15) is 0 Å². The molecule has 1 heterocycles. The molecule has 0 aliphatic heterocycles. The van der Waals surface area contributed by atoms with Crippen molar-refractivity contribution in [1.29, 1.82) is 0 Å². The predicted molar refractivity (Wildman–Crippen MR) is 80.4 cm³/mol. The van der Waals surface area contributed by atoms with Gasteiger partial charge in [0.05, 0.1) is 0 Å². The third kappa shape index (κ3) is 2.79. The first-order valence-electron chi connectivity index (χ1n) is 6.94. The van der Waals surface area contributed by atoms with Crippen molar-refractivity contribution >= 4 is 5.82 Å². The van der Waals surface area contributed by atoms with Gasteiger partial charge < -0.3 is 5.32 Å². The number of anilines is 1. The maximum absolute atomic E-state index is 13.7. The number of benzene rings is 1. The van der Waals surface area contributed by atoms with Crippen LogP contribution in [0, 0.1) is 19.7 Å². The van der Waals surface area contributed by atoms with Gasteiger partial charge in [-0.3, -0.25) is 0 Å². The van der Waals surface area contributed by atoms with Gasteiger partial charge in [0.25, 0.3) is 0 Å². The van der Waals surface area contributed by atoms with Crippen molar-refractivity contribution in [2.24, 2.45) is 0 Å². The second-order valence-electron chi connectivity index (χ2n) is 4.82. The summed E-state index contributed by atoms with van der Waals surface area (Å²) in [6.45, 7) is 8.64. The molecule has 0 aliphatic rings. The highest BCUT2D eigenvalue weighted by Crippen LogP contribution is 2.23. The van der Waals surface area contributed by atoms with E-state index in [0.29, 0.717) is 17.0 Å². The van der Waals surface area contributed by atoms with Crippen molar-refractivity contribution in [2.75, 3.05) is 11.9 Å². The number of nitrogens with zero attached hydrogens (tertiary/aromatic N) is 2. The number of rotatable bonds is 4. The average Bonchev–Trinajstić information content (AvgIpc) is 2.44. The Labute approximate surface area is 119 Å². The molecule has 3 nitrogen and oxygen atoms in total. The molecule has 106 valence electrons. The van der Waals surface area contributed by atoms with Gasteiger partial charge in [-0.05, 0) is 38.8 Å². The van der Waals surface area contributed by atoms with E-state index in [9.17, 15) is 4.39 Å². The van der Waals surface area contributed by atoms with E-state index in [1.807, 2.05) is 19.9 Å². The zero-order valence-electron chi connectivity index (χ0n) is 12.4. The molecule has 0 atom stereocenters. The molecule has 1 aromatic heterocycles. The number of aromatic nitrogens is 2. The number of nitrogens with one attached hydrogen (secondary N) is 1. The summed E-state index contributed by atoms with van der Waals surface area (Å²) in [4.78, 5) is 9.08. The number of hydrogen-bond donors (Lipinski definition) is 1. The van der Waals surface area contributed by atoms with Gasteiger partial charge in [-0.25, -0.2) is 14.4 Å². The molecule has 2 aromatic rings. The monoisotopic (exact) mass is 273 g/mol. The Hall–Kier alpha value is -1.97. The van der Waals surface area contributed by atoms with Crippen molar-refractivity contribution in [2.45, 2.75) is 34.1 Å². The lowest BCUT2D eigenvalue weighted by Crippen LogP contribution is -2.07. The molecule has 0 saturated heterocycles. The fourth-order valence-corrected chi connectivity index (χ4v) is 2.11. The van der Waals surface area contributed by atoms with Gasteiger partial charge in [0, 0.05) is 23.4 Å². The Kier molecular flexibility index (Phi) is 4.32. The van der Waals surface area contributed by atoms with Crippen LogP contribution in [0.1, 0.15) is 30.7 Å². The Morgan fingerprint density at radius 1 is 1.15 bits per heavy atom. The molecule has 2 rings (SSSR count). The molecule has 0 radical (unpaired) electrons. The number of aryl methyl sites for hydroxylation is 2. The normalized spacial score (nSPS) is 10.7. The van der Waals surface area contributed by atoms with Gasteiger partial charge in [-0.15, -0.1) is 0 Å². The molecule has 0 saturated carbocycles. The quantitative estimate of drug-likeness (QED) is 0.918. The SMILES string of the molecule is CCNc1nc(-c2ccc(C)c(F)c2)nc(CC)c1C. The van der Waals surface area contributed by atoms with E-state index in [2.05, 4.69) is 22.2 Å². The van der Waals surface area contributed by atoms with Crippen molar-refractivity contribution in [3.05, 3.63) is 40.8 Å². The first-order valence-corrected chi connectivity index (χ1v) is 6.94. The predicted octanol–water partition coefficient (Wildman–Crippen LogP) is 3.89. The molecule has 0 aliphatic carbocycles. The standard InChI is InChI=1S/C16H20FN3/c1-5-14-11(4)15(18-6-2)20-16(19-14)12-8-7-10(3)13(17)9-12/h7-9H,5-6H2,1-4H3,(H,18,19,20). The van der Waals surface area contributed by atoms with Gasteiger partial charge in [0.15, 0.2) is 5.82 Å². The Bertz CT molecular complexity index is 623. The van der Waals surface area contributed by atoms with E-state index >= 15 is 0 Å². The Balaban J connectivity index is 2.55. The third-order valence-electron chi connectivity index (χ3n) is 3.36. The van der Waals surface area contributed by atoms with Crippen LogP contribution in [0.4, 0.5) is 10.2 Å².